The summed E-state index contributed by atoms with van der Waals surface area (Å²) in [6.07, 6.45) is 5.00. The zero-order valence-corrected chi connectivity index (χ0v) is 21.3. The van der Waals surface area contributed by atoms with Crippen LogP contribution in [0.15, 0.2) is 47.6 Å². The number of benzene rings is 1. The van der Waals surface area contributed by atoms with Crippen LogP contribution in [0.1, 0.15) is 36.6 Å². The van der Waals surface area contributed by atoms with Gasteiger partial charge in [0.1, 0.15) is 5.75 Å². The van der Waals surface area contributed by atoms with Gasteiger partial charge in [-0.15, -0.1) is 24.0 Å². The van der Waals surface area contributed by atoms with Crippen molar-refractivity contribution in [3.05, 3.63) is 59.4 Å². The highest BCUT2D eigenvalue weighted by Gasteiger charge is 2.20. The summed E-state index contributed by atoms with van der Waals surface area (Å²) in [6, 6.07) is 13.0. The fourth-order valence-electron chi connectivity index (χ4n) is 3.79. The molecule has 3 rings (SSSR count). The topological polar surface area (TPSA) is 61.8 Å². The predicted octanol–water partition coefficient (Wildman–Crippen LogP) is 3.78. The minimum atomic E-state index is 0. The third kappa shape index (κ3) is 8.29. The zero-order chi connectivity index (χ0) is 21.2. The van der Waals surface area contributed by atoms with Crippen molar-refractivity contribution in [2.75, 3.05) is 33.3 Å². The molecule has 2 N–H and O–H groups in total. The molecule has 0 saturated carbocycles. The van der Waals surface area contributed by atoms with Crippen molar-refractivity contribution in [1.82, 2.24) is 20.5 Å². The molecule has 0 radical (unpaired) electrons. The molecule has 1 aliphatic heterocycles. The normalized spacial score (nSPS) is 15.3. The number of hydrogen-bond donors (Lipinski definition) is 2. The second-order valence-electron chi connectivity index (χ2n) is 7.83. The van der Waals surface area contributed by atoms with Crippen LogP contribution in [0, 0.1) is 6.92 Å². The SMILES string of the molecule is CCNC(=NCCc1ccc(C)c(OC)c1)NC1CCN(Cc2ccccn2)CC1.I. The predicted molar refractivity (Wildman–Crippen MR) is 139 cm³/mol. The highest BCUT2D eigenvalue weighted by Crippen LogP contribution is 2.19. The molecule has 170 valence electrons. The van der Waals surface area contributed by atoms with Gasteiger partial charge < -0.3 is 15.4 Å². The number of rotatable bonds is 8. The van der Waals surface area contributed by atoms with Gasteiger partial charge in [0, 0.05) is 45.0 Å². The van der Waals surface area contributed by atoms with E-state index in [9.17, 15) is 0 Å². The maximum atomic E-state index is 5.43. The van der Waals surface area contributed by atoms with E-state index in [0.717, 1.165) is 75.0 Å². The van der Waals surface area contributed by atoms with Crippen molar-refractivity contribution in [3.8, 4) is 5.75 Å². The molecule has 1 aromatic heterocycles. The number of aryl methyl sites for hydroxylation is 1. The van der Waals surface area contributed by atoms with E-state index in [-0.39, 0.29) is 24.0 Å². The van der Waals surface area contributed by atoms with Gasteiger partial charge in [-0.2, -0.15) is 0 Å². The molecule has 0 atom stereocenters. The van der Waals surface area contributed by atoms with Crippen LogP contribution in [0.5, 0.6) is 5.75 Å². The second-order valence-corrected chi connectivity index (χ2v) is 7.83. The molecular weight excluding hydrogens is 501 g/mol. The summed E-state index contributed by atoms with van der Waals surface area (Å²) in [5, 5.41) is 7.02. The fourth-order valence-corrected chi connectivity index (χ4v) is 3.79. The number of piperidine rings is 1. The molecule has 1 aliphatic rings. The van der Waals surface area contributed by atoms with Crippen molar-refractivity contribution in [2.24, 2.45) is 4.99 Å². The number of nitrogens with zero attached hydrogens (tertiary/aromatic N) is 3. The van der Waals surface area contributed by atoms with Crippen molar-refractivity contribution in [3.63, 3.8) is 0 Å². The van der Waals surface area contributed by atoms with Gasteiger partial charge in [0.15, 0.2) is 5.96 Å². The summed E-state index contributed by atoms with van der Waals surface area (Å²) < 4.78 is 5.43. The Morgan fingerprint density at radius 3 is 2.71 bits per heavy atom. The quantitative estimate of drug-likeness (QED) is 0.305. The standard InChI is InChI=1S/C24H35N5O.HI/c1-4-25-24(27-14-10-20-9-8-19(2)23(17-20)30-3)28-21-11-15-29(16-12-21)18-22-7-5-6-13-26-22;/h5-9,13,17,21H,4,10-12,14-16,18H2,1-3H3,(H2,25,27,28);1H. The van der Waals surface area contributed by atoms with E-state index in [4.69, 9.17) is 9.73 Å². The molecule has 31 heavy (non-hydrogen) atoms. The lowest BCUT2D eigenvalue weighted by molar-refractivity contribution is 0.196. The Bertz CT molecular complexity index is 807. The maximum Gasteiger partial charge on any atom is 0.191 e. The van der Waals surface area contributed by atoms with Crippen LogP contribution in [0.3, 0.4) is 0 Å². The largest absolute Gasteiger partial charge is 0.496 e. The Morgan fingerprint density at radius 1 is 1.23 bits per heavy atom. The first-order chi connectivity index (χ1) is 14.7. The van der Waals surface area contributed by atoms with Crippen molar-refractivity contribution >= 4 is 29.9 Å². The Labute approximate surface area is 203 Å². The van der Waals surface area contributed by atoms with E-state index < -0.39 is 0 Å². The van der Waals surface area contributed by atoms with E-state index in [0.29, 0.717) is 6.04 Å². The lowest BCUT2D eigenvalue weighted by Crippen LogP contribution is -2.48. The molecular formula is C24H36IN5O. The van der Waals surface area contributed by atoms with Gasteiger partial charge in [0.05, 0.1) is 12.8 Å². The Morgan fingerprint density at radius 2 is 2.03 bits per heavy atom. The lowest BCUT2D eigenvalue weighted by atomic mass is 10.0. The van der Waals surface area contributed by atoms with Crippen LogP contribution in [0.25, 0.3) is 0 Å². The Balaban J connectivity index is 0.00000341. The first-order valence-corrected chi connectivity index (χ1v) is 11.0. The molecule has 0 bridgehead atoms. The van der Waals surface area contributed by atoms with Gasteiger partial charge in [-0.05, 0) is 62.4 Å². The molecule has 2 heterocycles. The summed E-state index contributed by atoms with van der Waals surface area (Å²) in [5.74, 6) is 1.86. The Kier molecular flexibility index (Phi) is 11.1. The third-order valence-corrected chi connectivity index (χ3v) is 5.53. The van der Waals surface area contributed by atoms with Crippen molar-refractivity contribution in [2.45, 2.75) is 45.7 Å². The maximum absolute atomic E-state index is 5.43. The van der Waals surface area contributed by atoms with Gasteiger partial charge in [-0.3, -0.25) is 14.9 Å². The summed E-state index contributed by atoms with van der Waals surface area (Å²) in [6.45, 7) is 8.88. The summed E-state index contributed by atoms with van der Waals surface area (Å²) in [4.78, 5) is 11.7. The summed E-state index contributed by atoms with van der Waals surface area (Å²) in [7, 11) is 1.72. The molecule has 1 fully saturated rings. The van der Waals surface area contributed by atoms with Crippen molar-refractivity contribution < 1.29 is 4.74 Å². The van der Waals surface area contributed by atoms with E-state index in [2.05, 4.69) is 64.7 Å². The second kappa shape index (κ2) is 13.5. The van der Waals surface area contributed by atoms with Crippen LogP contribution in [0.4, 0.5) is 0 Å². The van der Waals surface area contributed by atoms with E-state index in [1.807, 2.05) is 12.3 Å². The number of guanidine groups is 1. The van der Waals surface area contributed by atoms with Crippen LogP contribution in [0.2, 0.25) is 0 Å². The fraction of sp³-hybridized carbons (Fsp3) is 0.500. The molecule has 2 aromatic rings. The minimum absolute atomic E-state index is 0. The first-order valence-electron chi connectivity index (χ1n) is 11.0. The summed E-state index contributed by atoms with van der Waals surface area (Å²) in [5.41, 5.74) is 3.56. The first kappa shape index (κ1) is 25.4. The number of nitrogens with one attached hydrogen (secondary N) is 2. The smallest absolute Gasteiger partial charge is 0.191 e. The van der Waals surface area contributed by atoms with Gasteiger partial charge in [-0.1, -0.05) is 18.2 Å². The number of methoxy groups -OCH3 is 1. The molecule has 0 spiro atoms. The van der Waals surface area contributed by atoms with Gasteiger partial charge in [0.2, 0.25) is 0 Å². The molecule has 7 heteroatoms. The Hall–Kier alpha value is -1.87. The number of pyridine rings is 1. The highest BCUT2D eigenvalue weighted by molar-refractivity contribution is 14.0. The number of hydrogen-bond acceptors (Lipinski definition) is 4. The third-order valence-electron chi connectivity index (χ3n) is 5.53. The van der Waals surface area contributed by atoms with Gasteiger partial charge in [0.25, 0.3) is 0 Å². The van der Waals surface area contributed by atoms with E-state index in [1.54, 1.807) is 7.11 Å². The van der Waals surface area contributed by atoms with Crippen LogP contribution in [-0.4, -0.2) is 55.2 Å². The average Bonchev–Trinajstić information content (AvgIpc) is 2.77. The molecule has 1 aromatic carbocycles. The van der Waals surface area contributed by atoms with Crippen LogP contribution < -0.4 is 15.4 Å². The number of halogens is 1. The zero-order valence-electron chi connectivity index (χ0n) is 18.9. The monoisotopic (exact) mass is 537 g/mol. The van der Waals surface area contributed by atoms with E-state index >= 15 is 0 Å². The highest BCUT2D eigenvalue weighted by atomic mass is 127. The average molecular weight is 537 g/mol. The van der Waals surface area contributed by atoms with E-state index in [1.165, 1.54) is 5.56 Å². The molecule has 6 nitrogen and oxygen atoms in total. The number of aromatic nitrogens is 1. The van der Waals surface area contributed by atoms with Crippen LogP contribution in [-0.2, 0) is 13.0 Å². The van der Waals surface area contributed by atoms with Crippen molar-refractivity contribution in [1.29, 1.82) is 0 Å². The number of ether oxygens (including phenoxy) is 1. The number of likely N-dealkylation sites (tertiary alicyclic amines) is 1. The molecule has 0 aliphatic carbocycles. The number of aliphatic imine (C=N–C) groups is 1. The lowest BCUT2D eigenvalue weighted by Gasteiger charge is -2.32. The molecule has 0 unspecified atom stereocenters. The minimum Gasteiger partial charge on any atom is -0.496 e. The van der Waals surface area contributed by atoms with Gasteiger partial charge >= 0.3 is 0 Å². The van der Waals surface area contributed by atoms with Crippen LogP contribution >= 0.6 is 24.0 Å². The van der Waals surface area contributed by atoms with Gasteiger partial charge in [-0.25, -0.2) is 0 Å². The summed E-state index contributed by atoms with van der Waals surface area (Å²) >= 11 is 0. The molecule has 1 saturated heterocycles. The molecule has 0 amide bonds.